The Labute approximate surface area is 122 Å². The van der Waals surface area contributed by atoms with E-state index in [0.29, 0.717) is 13.2 Å². The van der Waals surface area contributed by atoms with Crippen molar-refractivity contribution in [1.29, 1.82) is 0 Å². The molecule has 114 valence electrons. The van der Waals surface area contributed by atoms with Crippen LogP contribution in [-0.2, 0) is 9.47 Å². The summed E-state index contributed by atoms with van der Waals surface area (Å²) in [7, 11) is 3.45. The van der Waals surface area contributed by atoms with Crippen LogP contribution in [0.5, 0.6) is 0 Å². The molecule has 0 aliphatic rings. The standard InChI is InChI=1S/C16H28N2O2/c1-13-6-5-7-15(12-13)16(14(2)17)18(8-10-19-3)9-11-20-4/h5-7,12,14,16H,8-11,17H2,1-4H3. The average Bonchev–Trinajstić information content (AvgIpc) is 2.41. The van der Waals surface area contributed by atoms with E-state index in [-0.39, 0.29) is 12.1 Å². The van der Waals surface area contributed by atoms with Crippen LogP contribution in [0.4, 0.5) is 0 Å². The topological polar surface area (TPSA) is 47.7 Å². The second-order valence-corrected chi connectivity index (χ2v) is 5.24. The molecule has 0 bridgehead atoms. The Hall–Kier alpha value is -0.940. The maximum absolute atomic E-state index is 6.24. The van der Waals surface area contributed by atoms with E-state index in [1.165, 1.54) is 11.1 Å². The Bertz CT molecular complexity index is 374. The lowest BCUT2D eigenvalue weighted by Gasteiger charge is -2.34. The second kappa shape index (κ2) is 9.08. The molecule has 1 rings (SSSR count). The van der Waals surface area contributed by atoms with Gasteiger partial charge >= 0.3 is 0 Å². The van der Waals surface area contributed by atoms with Gasteiger partial charge in [-0.05, 0) is 19.4 Å². The van der Waals surface area contributed by atoms with Gasteiger partial charge in [0.05, 0.1) is 13.2 Å². The molecule has 0 spiro atoms. The van der Waals surface area contributed by atoms with Crippen molar-refractivity contribution >= 4 is 0 Å². The average molecular weight is 280 g/mol. The summed E-state index contributed by atoms with van der Waals surface area (Å²) < 4.78 is 10.4. The first-order valence-electron chi connectivity index (χ1n) is 7.14. The largest absolute Gasteiger partial charge is 0.383 e. The van der Waals surface area contributed by atoms with Crippen LogP contribution in [0.25, 0.3) is 0 Å². The minimum absolute atomic E-state index is 0.0468. The summed E-state index contributed by atoms with van der Waals surface area (Å²) in [6.07, 6.45) is 0. The normalized spacial score (nSPS) is 14.5. The van der Waals surface area contributed by atoms with Gasteiger partial charge in [0, 0.05) is 39.4 Å². The Kier molecular flexibility index (Phi) is 7.77. The van der Waals surface area contributed by atoms with Crippen molar-refractivity contribution in [1.82, 2.24) is 4.90 Å². The van der Waals surface area contributed by atoms with Crippen molar-refractivity contribution in [2.45, 2.75) is 25.9 Å². The van der Waals surface area contributed by atoms with Crippen LogP contribution in [0, 0.1) is 6.92 Å². The van der Waals surface area contributed by atoms with Crippen LogP contribution in [0.3, 0.4) is 0 Å². The van der Waals surface area contributed by atoms with Gasteiger partial charge in [-0.2, -0.15) is 0 Å². The molecule has 0 amide bonds. The van der Waals surface area contributed by atoms with E-state index in [2.05, 4.69) is 43.0 Å². The first-order chi connectivity index (χ1) is 9.60. The lowest BCUT2D eigenvalue weighted by Crippen LogP contribution is -2.42. The summed E-state index contributed by atoms with van der Waals surface area (Å²) in [4.78, 5) is 2.34. The number of ether oxygens (including phenoxy) is 2. The summed E-state index contributed by atoms with van der Waals surface area (Å²) in [5.41, 5.74) is 8.75. The number of hydrogen-bond donors (Lipinski definition) is 1. The molecular weight excluding hydrogens is 252 g/mol. The number of rotatable bonds is 9. The Morgan fingerprint density at radius 1 is 1.15 bits per heavy atom. The molecule has 4 nitrogen and oxygen atoms in total. The Morgan fingerprint density at radius 2 is 1.75 bits per heavy atom. The van der Waals surface area contributed by atoms with Crippen LogP contribution in [0.2, 0.25) is 0 Å². The molecule has 0 aliphatic carbocycles. The van der Waals surface area contributed by atoms with Crippen LogP contribution in [0.15, 0.2) is 24.3 Å². The molecule has 0 aromatic heterocycles. The molecule has 0 radical (unpaired) electrons. The molecule has 0 aliphatic heterocycles. The smallest absolute Gasteiger partial charge is 0.0589 e. The highest BCUT2D eigenvalue weighted by atomic mass is 16.5. The van der Waals surface area contributed by atoms with E-state index < -0.39 is 0 Å². The fourth-order valence-corrected chi connectivity index (χ4v) is 2.51. The molecule has 2 atom stereocenters. The predicted molar refractivity (Wildman–Crippen MR) is 82.9 cm³/mol. The third-order valence-electron chi connectivity index (χ3n) is 3.44. The second-order valence-electron chi connectivity index (χ2n) is 5.24. The van der Waals surface area contributed by atoms with E-state index in [9.17, 15) is 0 Å². The predicted octanol–water partition coefficient (Wildman–Crippen LogP) is 1.98. The number of nitrogens with two attached hydrogens (primary N) is 1. The van der Waals surface area contributed by atoms with E-state index in [0.717, 1.165) is 13.1 Å². The van der Waals surface area contributed by atoms with Crippen molar-refractivity contribution in [3.63, 3.8) is 0 Å². The molecule has 20 heavy (non-hydrogen) atoms. The molecule has 0 heterocycles. The van der Waals surface area contributed by atoms with Gasteiger partial charge in [-0.15, -0.1) is 0 Å². The summed E-state index contributed by atoms with van der Waals surface area (Å²) in [5, 5.41) is 0. The number of nitrogens with zero attached hydrogens (tertiary/aromatic N) is 1. The maximum atomic E-state index is 6.24. The van der Waals surface area contributed by atoms with Gasteiger partial charge in [-0.1, -0.05) is 29.8 Å². The van der Waals surface area contributed by atoms with Crippen LogP contribution in [0.1, 0.15) is 24.1 Å². The fraction of sp³-hybridized carbons (Fsp3) is 0.625. The number of methoxy groups -OCH3 is 2. The van der Waals surface area contributed by atoms with Crippen molar-refractivity contribution < 1.29 is 9.47 Å². The summed E-state index contributed by atoms with van der Waals surface area (Å²) in [5.74, 6) is 0. The van der Waals surface area contributed by atoms with E-state index in [1.807, 2.05) is 0 Å². The van der Waals surface area contributed by atoms with Gasteiger partial charge in [0.25, 0.3) is 0 Å². The van der Waals surface area contributed by atoms with Crippen molar-refractivity contribution in [3.05, 3.63) is 35.4 Å². The molecule has 1 aromatic rings. The first-order valence-corrected chi connectivity index (χ1v) is 7.14. The number of benzene rings is 1. The minimum Gasteiger partial charge on any atom is -0.383 e. The molecule has 2 unspecified atom stereocenters. The quantitative estimate of drug-likeness (QED) is 0.751. The van der Waals surface area contributed by atoms with Crippen LogP contribution >= 0.6 is 0 Å². The number of hydrogen-bond acceptors (Lipinski definition) is 4. The van der Waals surface area contributed by atoms with Crippen LogP contribution in [-0.4, -0.2) is 51.5 Å². The van der Waals surface area contributed by atoms with E-state index in [1.54, 1.807) is 14.2 Å². The van der Waals surface area contributed by atoms with Gasteiger partial charge in [0.2, 0.25) is 0 Å². The van der Waals surface area contributed by atoms with Crippen molar-refractivity contribution in [3.8, 4) is 0 Å². The Balaban J connectivity index is 2.93. The zero-order chi connectivity index (χ0) is 15.0. The molecule has 0 saturated carbocycles. The minimum atomic E-state index is 0.0468. The number of aryl methyl sites for hydroxylation is 1. The molecule has 2 N–H and O–H groups in total. The van der Waals surface area contributed by atoms with E-state index >= 15 is 0 Å². The monoisotopic (exact) mass is 280 g/mol. The summed E-state index contributed by atoms with van der Waals surface area (Å²) >= 11 is 0. The molecule has 1 aromatic carbocycles. The van der Waals surface area contributed by atoms with Gasteiger partial charge in [0.15, 0.2) is 0 Å². The highest BCUT2D eigenvalue weighted by molar-refractivity contribution is 5.26. The Morgan fingerprint density at radius 3 is 2.20 bits per heavy atom. The highest BCUT2D eigenvalue weighted by Crippen LogP contribution is 2.24. The molecule has 0 saturated heterocycles. The summed E-state index contributed by atoms with van der Waals surface area (Å²) in [6.45, 7) is 7.24. The van der Waals surface area contributed by atoms with Gasteiger partial charge in [0.1, 0.15) is 0 Å². The van der Waals surface area contributed by atoms with Crippen molar-refractivity contribution in [2.24, 2.45) is 5.73 Å². The third-order valence-corrected chi connectivity index (χ3v) is 3.44. The maximum Gasteiger partial charge on any atom is 0.0589 e. The first kappa shape index (κ1) is 17.1. The van der Waals surface area contributed by atoms with Gasteiger partial charge < -0.3 is 15.2 Å². The lowest BCUT2D eigenvalue weighted by molar-refractivity contribution is 0.0800. The molecule has 0 fully saturated rings. The van der Waals surface area contributed by atoms with Gasteiger partial charge in [-0.3, -0.25) is 4.90 Å². The third kappa shape index (κ3) is 5.21. The molecule has 4 heteroatoms. The van der Waals surface area contributed by atoms with Gasteiger partial charge in [-0.25, -0.2) is 0 Å². The highest BCUT2D eigenvalue weighted by Gasteiger charge is 2.23. The van der Waals surface area contributed by atoms with Crippen LogP contribution < -0.4 is 5.73 Å². The van der Waals surface area contributed by atoms with E-state index in [4.69, 9.17) is 15.2 Å². The lowest BCUT2D eigenvalue weighted by atomic mass is 9.97. The fourth-order valence-electron chi connectivity index (χ4n) is 2.51. The zero-order valence-electron chi connectivity index (χ0n) is 13.1. The SMILES string of the molecule is COCCN(CCOC)C(c1cccc(C)c1)C(C)N. The zero-order valence-corrected chi connectivity index (χ0v) is 13.1. The summed E-state index contributed by atoms with van der Waals surface area (Å²) in [6, 6.07) is 8.78. The molecular formula is C16H28N2O2. The van der Waals surface area contributed by atoms with Crippen molar-refractivity contribution in [2.75, 3.05) is 40.5 Å².